The summed E-state index contributed by atoms with van der Waals surface area (Å²) in [6.07, 6.45) is 7.92. The van der Waals surface area contributed by atoms with Crippen LogP contribution in [0.5, 0.6) is 0 Å². The molecule has 2 N–H and O–H groups in total. The summed E-state index contributed by atoms with van der Waals surface area (Å²) in [4.78, 5) is 26.4. The average molecular weight is 543 g/mol. The van der Waals surface area contributed by atoms with Gasteiger partial charge in [0.2, 0.25) is 11.8 Å². The van der Waals surface area contributed by atoms with E-state index in [1.165, 1.54) is 12.1 Å². The molecule has 0 bridgehead atoms. The zero-order valence-corrected chi connectivity index (χ0v) is 22.7. The van der Waals surface area contributed by atoms with E-state index in [-0.39, 0.29) is 23.3 Å². The van der Waals surface area contributed by atoms with Gasteiger partial charge in [-0.3, -0.25) is 9.59 Å². The molecule has 38 heavy (non-hydrogen) atoms. The van der Waals surface area contributed by atoms with Crippen molar-refractivity contribution in [3.05, 3.63) is 77.9 Å². The summed E-state index contributed by atoms with van der Waals surface area (Å²) >= 11 is 0. The monoisotopic (exact) mass is 542 g/mol. The lowest BCUT2D eigenvalue weighted by Crippen LogP contribution is -2.33. The van der Waals surface area contributed by atoms with E-state index in [9.17, 15) is 23.1 Å². The number of sulfonamides is 1. The smallest absolute Gasteiger partial charge is 0.264 e. The molecule has 1 aliphatic rings. The molecule has 0 aromatic heterocycles. The number of carbonyl (C=O) groups is 2. The van der Waals surface area contributed by atoms with Crippen molar-refractivity contribution in [2.75, 3.05) is 13.7 Å². The van der Waals surface area contributed by atoms with Gasteiger partial charge in [0.25, 0.3) is 10.0 Å². The van der Waals surface area contributed by atoms with Gasteiger partial charge in [0.15, 0.2) is 0 Å². The predicted molar refractivity (Wildman–Crippen MR) is 146 cm³/mol. The number of rotatable bonds is 15. The summed E-state index contributed by atoms with van der Waals surface area (Å²) < 4.78 is 31.7. The van der Waals surface area contributed by atoms with Crippen LogP contribution in [0.15, 0.2) is 71.6 Å². The van der Waals surface area contributed by atoms with Crippen molar-refractivity contribution < 1.29 is 27.9 Å². The second-order valence-electron chi connectivity index (χ2n) is 9.61. The molecule has 1 fully saturated rings. The normalized spacial score (nSPS) is 16.7. The van der Waals surface area contributed by atoms with Crippen LogP contribution in [0, 0.1) is 0 Å². The molecule has 0 unspecified atom stereocenters. The van der Waals surface area contributed by atoms with Crippen LogP contribution in [0.3, 0.4) is 0 Å². The van der Waals surface area contributed by atoms with E-state index < -0.39 is 22.0 Å². The number of hydrogen-bond donors (Lipinski definition) is 2. The van der Waals surface area contributed by atoms with Crippen LogP contribution in [-0.4, -0.2) is 56.0 Å². The lowest BCUT2D eigenvalue weighted by Gasteiger charge is -2.22. The van der Waals surface area contributed by atoms with Crippen LogP contribution in [0.2, 0.25) is 0 Å². The number of nitrogens with zero attached hydrogens (tertiary/aromatic N) is 1. The quantitative estimate of drug-likeness (QED) is 0.262. The Hall–Kier alpha value is -3.01. The topological polar surface area (TPSA) is 113 Å². The molecule has 1 aliphatic heterocycles. The average Bonchev–Trinajstić information content (AvgIpc) is 3.24. The van der Waals surface area contributed by atoms with Crippen LogP contribution in [0.1, 0.15) is 56.1 Å². The number of benzene rings is 2. The molecule has 2 aromatic carbocycles. The van der Waals surface area contributed by atoms with E-state index in [1.807, 2.05) is 35.2 Å². The molecule has 0 aliphatic carbocycles. The molecule has 0 spiro atoms. The van der Waals surface area contributed by atoms with Crippen LogP contribution in [0.25, 0.3) is 0 Å². The number of aliphatic hydroxyl groups excluding tert-OH is 1. The molecule has 8 nitrogen and oxygen atoms in total. The standard InChI is InChI=1S/C29H38N2O6S/c1-37-22-24-11-9-10-23(20-24)21-26(32)17-15-25-16-18-29(34)31(25)19-8-3-2-7-14-28(33)30-38(35,36)27-12-5-4-6-13-27/h4-6,9-13,15,17,20,25-26,32H,2-3,7-8,14,16,18-19,21-22H2,1H3,(H,30,33)/t25-,26+/m0/s1. The summed E-state index contributed by atoms with van der Waals surface area (Å²) in [5.41, 5.74) is 2.09. The third-order valence-corrected chi connectivity index (χ3v) is 7.92. The highest BCUT2D eigenvalue weighted by Gasteiger charge is 2.28. The second-order valence-corrected chi connectivity index (χ2v) is 11.3. The van der Waals surface area contributed by atoms with Crippen molar-refractivity contribution in [1.82, 2.24) is 9.62 Å². The van der Waals surface area contributed by atoms with Crippen molar-refractivity contribution in [2.45, 2.75) is 75.0 Å². The molecule has 0 radical (unpaired) electrons. The molecular formula is C29H38N2O6S. The van der Waals surface area contributed by atoms with Gasteiger partial charge < -0.3 is 14.7 Å². The van der Waals surface area contributed by atoms with E-state index >= 15 is 0 Å². The van der Waals surface area contributed by atoms with E-state index in [1.54, 1.807) is 31.4 Å². The first-order chi connectivity index (χ1) is 18.3. The van der Waals surface area contributed by atoms with Gasteiger partial charge in [-0.1, -0.05) is 67.5 Å². The fourth-order valence-electron chi connectivity index (χ4n) is 4.61. The first-order valence-corrected chi connectivity index (χ1v) is 14.6. The first kappa shape index (κ1) is 29.5. The van der Waals surface area contributed by atoms with Gasteiger partial charge in [-0.25, -0.2) is 13.1 Å². The number of aliphatic hydroxyl groups is 1. The minimum Gasteiger partial charge on any atom is -0.389 e. The number of unbranched alkanes of at least 4 members (excludes halogenated alkanes) is 3. The van der Waals surface area contributed by atoms with Gasteiger partial charge in [0.1, 0.15) is 0 Å². The number of carbonyl (C=O) groups excluding carboxylic acids is 2. The number of amides is 2. The van der Waals surface area contributed by atoms with Gasteiger partial charge in [-0.2, -0.15) is 0 Å². The Kier molecular flexibility index (Phi) is 11.5. The highest BCUT2D eigenvalue weighted by molar-refractivity contribution is 7.90. The van der Waals surface area contributed by atoms with E-state index in [0.29, 0.717) is 32.4 Å². The number of likely N-dealkylation sites (tertiary alicyclic amines) is 1. The largest absolute Gasteiger partial charge is 0.389 e. The molecule has 2 amide bonds. The Morgan fingerprint density at radius 1 is 1.11 bits per heavy atom. The fraction of sp³-hybridized carbons (Fsp3) is 0.448. The second kappa shape index (κ2) is 14.8. The lowest BCUT2D eigenvalue weighted by molar-refractivity contribution is -0.128. The molecule has 2 aromatic rings. The highest BCUT2D eigenvalue weighted by Crippen LogP contribution is 2.21. The molecule has 3 rings (SSSR count). The Morgan fingerprint density at radius 3 is 2.61 bits per heavy atom. The van der Waals surface area contributed by atoms with E-state index in [0.717, 1.165) is 36.8 Å². The van der Waals surface area contributed by atoms with Crippen LogP contribution in [-0.2, 0) is 37.4 Å². The van der Waals surface area contributed by atoms with Crippen molar-refractivity contribution in [3.8, 4) is 0 Å². The van der Waals surface area contributed by atoms with Crippen LogP contribution >= 0.6 is 0 Å². The summed E-state index contributed by atoms with van der Waals surface area (Å²) in [5.74, 6) is -0.398. The van der Waals surface area contributed by atoms with E-state index in [4.69, 9.17) is 4.74 Å². The van der Waals surface area contributed by atoms with Crippen molar-refractivity contribution in [1.29, 1.82) is 0 Å². The molecule has 2 atom stereocenters. The Bertz CT molecular complexity index is 1180. The molecule has 0 saturated carbocycles. The lowest BCUT2D eigenvalue weighted by atomic mass is 10.0. The van der Waals surface area contributed by atoms with Gasteiger partial charge >= 0.3 is 0 Å². The van der Waals surface area contributed by atoms with Crippen molar-refractivity contribution in [3.63, 3.8) is 0 Å². The number of hydrogen-bond acceptors (Lipinski definition) is 6. The molecule has 1 heterocycles. The third-order valence-electron chi connectivity index (χ3n) is 6.53. The summed E-state index contributed by atoms with van der Waals surface area (Å²) in [6.45, 7) is 1.15. The number of nitrogens with one attached hydrogen (secondary N) is 1. The molecular weight excluding hydrogens is 504 g/mol. The maximum atomic E-state index is 12.4. The Morgan fingerprint density at radius 2 is 1.84 bits per heavy atom. The molecule has 206 valence electrons. The summed E-state index contributed by atoms with van der Waals surface area (Å²) in [5, 5.41) is 10.5. The highest BCUT2D eigenvalue weighted by atomic mass is 32.2. The number of ether oxygens (including phenoxy) is 1. The molecule has 9 heteroatoms. The zero-order valence-electron chi connectivity index (χ0n) is 21.9. The number of methoxy groups -OCH3 is 1. The zero-order chi connectivity index (χ0) is 27.4. The molecule has 1 saturated heterocycles. The SMILES string of the molecule is COCc1cccc(C[C@H](O)C=C[C@H]2CCC(=O)N2CCCCCCC(=O)NS(=O)(=O)c2ccccc2)c1. The van der Waals surface area contributed by atoms with Crippen molar-refractivity contribution in [2.24, 2.45) is 0 Å². The van der Waals surface area contributed by atoms with Crippen LogP contribution < -0.4 is 4.72 Å². The minimum atomic E-state index is -3.84. The third kappa shape index (κ3) is 9.38. The summed E-state index contributed by atoms with van der Waals surface area (Å²) in [7, 11) is -2.18. The van der Waals surface area contributed by atoms with E-state index in [2.05, 4.69) is 4.72 Å². The maximum absolute atomic E-state index is 12.4. The minimum absolute atomic E-state index is 0.0223. The summed E-state index contributed by atoms with van der Waals surface area (Å²) in [6, 6.07) is 15.7. The van der Waals surface area contributed by atoms with Gasteiger partial charge in [-0.15, -0.1) is 0 Å². The predicted octanol–water partition coefficient (Wildman–Crippen LogP) is 3.74. The fourth-order valence-corrected chi connectivity index (χ4v) is 5.64. The maximum Gasteiger partial charge on any atom is 0.264 e. The van der Waals surface area contributed by atoms with Crippen LogP contribution in [0.4, 0.5) is 0 Å². The van der Waals surface area contributed by atoms with Crippen molar-refractivity contribution >= 4 is 21.8 Å². The van der Waals surface area contributed by atoms with Gasteiger partial charge in [-0.05, 0) is 42.5 Å². The van der Waals surface area contributed by atoms with Gasteiger partial charge in [0, 0.05) is 32.9 Å². The Balaban J connectivity index is 1.36. The first-order valence-electron chi connectivity index (χ1n) is 13.1. The van der Waals surface area contributed by atoms with Gasteiger partial charge in [0.05, 0.1) is 23.6 Å². The Labute approximate surface area is 225 Å².